The van der Waals surface area contributed by atoms with Crippen molar-refractivity contribution in [3.8, 4) is 0 Å². The molecule has 9 nitrogen and oxygen atoms in total. The number of nitrogens with one attached hydrogen (secondary N) is 3. The number of hydrogen-bond donors (Lipinski definition) is 3. The molecule has 0 aliphatic rings. The zero-order valence-electron chi connectivity index (χ0n) is 13.5. The fraction of sp³-hybridized carbons (Fsp3) is 0.400. The van der Waals surface area contributed by atoms with Gasteiger partial charge in [0.1, 0.15) is 0 Å². The number of nitro benzene ring substituents is 1. The number of benzene rings is 1. The minimum Gasteiger partial charge on any atom is -0.352 e. The molecule has 3 amide bonds. The Bertz CT molecular complexity index is 613. The third-order valence-corrected chi connectivity index (χ3v) is 2.87. The van der Waals surface area contributed by atoms with Crippen molar-refractivity contribution in [2.24, 2.45) is 0 Å². The Labute approximate surface area is 139 Å². The van der Waals surface area contributed by atoms with Gasteiger partial charge >= 0.3 is 0 Å². The van der Waals surface area contributed by atoms with Gasteiger partial charge in [0.15, 0.2) is 0 Å². The number of carbonyl (C=O) groups excluding carboxylic acids is 3. The first-order valence-corrected chi connectivity index (χ1v) is 7.38. The normalized spacial score (nSPS) is 10.1. The lowest BCUT2D eigenvalue weighted by Gasteiger charge is -2.09. The van der Waals surface area contributed by atoms with E-state index in [9.17, 15) is 24.5 Å². The Kier molecular flexibility index (Phi) is 7.34. The molecule has 0 atom stereocenters. The predicted octanol–water partition coefficient (Wildman–Crippen LogP) is 0.356. The van der Waals surface area contributed by atoms with Crippen molar-refractivity contribution in [2.45, 2.75) is 26.3 Å². The molecule has 3 N–H and O–H groups in total. The van der Waals surface area contributed by atoms with Crippen LogP contribution in [0.5, 0.6) is 0 Å². The molecule has 9 heteroatoms. The van der Waals surface area contributed by atoms with Gasteiger partial charge in [-0.15, -0.1) is 0 Å². The molecule has 0 bridgehead atoms. The van der Waals surface area contributed by atoms with Crippen LogP contribution < -0.4 is 16.0 Å². The van der Waals surface area contributed by atoms with Crippen LogP contribution in [0, 0.1) is 10.1 Å². The molecular formula is C15H20N4O5. The van der Waals surface area contributed by atoms with Gasteiger partial charge in [-0.25, -0.2) is 0 Å². The first-order valence-electron chi connectivity index (χ1n) is 7.38. The molecule has 0 radical (unpaired) electrons. The van der Waals surface area contributed by atoms with Gasteiger partial charge in [-0.3, -0.25) is 24.5 Å². The van der Waals surface area contributed by atoms with Gasteiger partial charge in [-0.05, 0) is 26.0 Å². The van der Waals surface area contributed by atoms with Crippen LogP contribution in [0.3, 0.4) is 0 Å². The number of amides is 3. The Morgan fingerprint density at radius 3 is 2.25 bits per heavy atom. The topological polar surface area (TPSA) is 130 Å². The molecular weight excluding hydrogens is 316 g/mol. The van der Waals surface area contributed by atoms with E-state index >= 15 is 0 Å². The van der Waals surface area contributed by atoms with Crippen molar-refractivity contribution in [1.29, 1.82) is 0 Å². The molecule has 0 fully saturated rings. The molecule has 0 unspecified atom stereocenters. The lowest BCUT2D eigenvalue weighted by molar-refractivity contribution is -0.384. The Morgan fingerprint density at radius 2 is 1.71 bits per heavy atom. The van der Waals surface area contributed by atoms with E-state index in [0.717, 1.165) is 0 Å². The molecule has 0 heterocycles. The van der Waals surface area contributed by atoms with E-state index in [0.29, 0.717) is 0 Å². The first-order chi connectivity index (χ1) is 11.3. The molecule has 0 aromatic heterocycles. The first kappa shape index (κ1) is 19.1. The van der Waals surface area contributed by atoms with Crippen molar-refractivity contribution in [2.75, 3.05) is 13.1 Å². The molecule has 130 valence electrons. The highest BCUT2D eigenvalue weighted by atomic mass is 16.6. The van der Waals surface area contributed by atoms with Crippen LogP contribution >= 0.6 is 0 Å². The van der Waals surface area contributed by atoms with Crippen molar-refractivity contribution < 1.29 is 19.3 Å². The minimum absolute atomic E-state index is 0.00427. The van der Waals surface area contributed by atoms with E-state index in [-0.39, 0.29) is 48.6 Å². The molecule has 1 aromatic rings. The van der Waals surface area contributed by atoms with E-state index in [1.54, 1.807) is 0 Å². The molecule has 0 spiro atoms. The van der Waals surface area contributed by atoms with Gasteiger partial charge in [-0.1, -0.05) is 0 Å². The van der Waals surface area contributed by atoms with Crippen LogP contribution in [-0.2, 0) is 9.59 Å². The third kappa shape index (κ3) is 6.86. The van der Waals surface area contributed by atoms with Crippen LogP contribution in [0.2, 0.25) is 0 Å². The van der Waals surface area contributed by atoms with Crippen LogP contribution in [0.4, 0.5) is 5.69 Å². The summed E-state index contributed by atoms with van der Waals surface area (Å²) < 4.78 is 0. The molecule has 24 heavy (non-hydrogen) atoms. The summed E-state index contributed by atoms with van der Waals surface area (Å²) in [5, 5.41) is 18.1. The Morgan fingerprint density at radius 1 is 1.08 bits per heavy atom. The summed E-state index contributed by atoms with van der Waals surface area (Å²) in [5.41, 5.74) is 0.155. The predicted molar refractivity (Wildman–Crippen MR) is 86.3 cm³/mol. The van der Waals surface area contributed by atoms with Gasteiger partial charge in [0.25, 0.3) is 11.6 Å². The zero-order valence-corrected chi connectivity index (χ0v) is 13.5. The second-order valence-corrected chi connectivity index (χ2v) is 5.31. The molecule has 0 saturated carbocycles. The quantitative estimate of drug-likeness (QED) is 0.466. The average molecular weight is 336 g/mol. The number of rotatable bonds is 8. The van der Waals surface area contributed by atoms with E-state index in [4.69, 9.17) is 0 Å². The summed E-state index contributed by atoms with van der Waals surface area (Å²) in [6.45, 7) is 3.60. The van der Waals surface area contributed by atoms with Crippen molar-refractivity contribution in [3.63, 3.8) is 0 Å². The van der Waals surface area contributed by atoms with Crippen molar-refractivity contribution >= 4 is 23.4 Å². The maximum absolute atomic E-state index is 11.8. The number of nitro groups is 1. The molecule has 1 aromatic carbocycles. The lowest BCUT2D eigenvalue weighted by Crippen LogP contribution is -2.40. The highest BCUT2D eigenvalue weighted by Gasteiger charge is 2.10. The van der Waals surface area contributed by atoms with Crippen molar-refractivity contribution in [1.82, 2.24) is 16.0 Å². The second kappa shape index (κ2) is 9.23. The van der Waals surface area contributed by atoms with E-state index in [1.807, 2.05) is 13.8 Å². The molecule has 0 aliphatic carbocycles. The SMILES string of the molecule is CC(C)NC(=O)CNC(=O)CCNC(=O)c1ccc([N+](=O)[O-])cc1. The van der Waals surface area contributed by atoms with Gasteiger partial charge < -0.3 is 16.0 Å². The zero-order chi connectivity index (χ0) is 18.1. The standard InChI is InChI=1S/C15H20N4O5/c1-10(2)18-14(21)9-17-13(20)7-8-16-15(22)11-3-5-12(6-4-11)19(23)24/h3-6,10H,7-9H2,1-2H3,(H,16,22)(H,17,20)(H,18,21). The van der Waals surface area contributed by atoms with Gasteiger partial charge in [0, 0.05) is 36.7 Å². The van der Waals surface area contributed by atoms with E-state index in [2.05, 4.69) is 16.0 Å². The maximum Gasteiger partial charge on any atom is 0.269 e. The Balaban J connectivity index is 2.31. The summed E-state index contributed by atoms with van der Waals surface area (Å²) >= 11 is 0. The monoisotopic (exact) mass is 336 g/mol. The van der Waals surface area contributed by atoms with Gasteiger partial charge in [0.05, 0.1) is 11.5 Å². The number of nitrogens with zero attached hydrogens (tertiary/aromatic N) is 1. The molecule has 1 rings (SSSR count). The summed E-state index contributed by atoms with van der Waals surface area (Å²) in [6.07, 6.45) is 0.0215. The average Bonchev–Trinajstić information content (AvgIpc) is 2.52. The van der Waals surface area contributed by atoms with Crippen LogP contribution in [-0.4, -0.2) is 41.8 Å². The van der Waals surface area contributed by atoms with Crippen LogP contribution in [0.15, 0.2) is 24.3 Å². The van der Waals surface area contributed by atoms with E-state index < -0.39 is 10.8 Å². The maximum atomic E-state index is 11.8. The van der Waals surface area contributed by atoms with E-state index in [1.165, 1.54) is 24.3 Å². The van der Waals surface area contributed by atoms with Gasteiger partial charge in [0.2, 0.25) is 11.8 Å². The third-order valence-electron chi connectivity index (χ3n) is 2.87. The minimum atomic E-state index is -0.554. The lowest BCUT2D eigenvalue weighted by atomic mass is 10.2. The van der Waals surface area contributed by atoms with Crippen molar-refractivity contribution in [3.05, 3.63) is 39.9 Å². The highest BCUT2D eigenvalue weighted by Crippen LogP contribution is 2.11. The summed E-state index contributed by atoms with van der Waals surface area (Å²) in [6, 6.07) is 5.13. The fourth-order valence-corrected chi connectivity index (χ4v) is 1.77. The number of non-ortho nitro benzene ring substituents is 1. The molecule has 0 aliphatic heterocycles. The summed E-state index contributed by atoms with van der Waals surface area (Å²) in [5.74, 6) is -1.08. The highest BCUT2D eigenvalue weighted by molar-refractivity contribution is 5.94. The van der Waals surface area contributed by atoms with Crippen LogP contribution in [0.25, 0.3) is 0 Å². The van der Waals surface area contributed by atoms with Crippen LogP contribution in [0.1, 0.15) is 30.6 Å². The summed E-state index contributed by atoms with van der Waals surface area (Å²) in [7, 11) is 0. The number of carbonyl (C=O) groups is 3. The smallest absolute Gasteiger partial charge is 0.269 e. The Hall–Kier alpha value is -2.97. The largest absolute Gasteiger partial charge is 0.352 e. The van der Waals surface area contributed by atoms with Gasteiger partial charge in [-0.2, -0.15) is 0 Å². The fourth-order valence-electron chi connectivity index (χ4n) is 1.77. The summed E-state index contributed by atoms with van der Waals surface area (Å²) in [4.78, 5) is 44.7. The molecule has 0 saturated heterocycles. The second-order valence-electron chi connectivity index (χ2n) is 5.31. The number of hydrogen-bond acceptors (Lipinski definition) is 5.